The minimum Gasteiger partial charge on any atom is -0.379 e. The topological polar surface area (TPSA) is 37.4 Å². The second-order valence-corrected chi connectivity index (χ2v) is 6.07. The number of aryl methyl sites for hydroxylation is 1. The van der Waals surface area contributed by atoms with Crippen molar-refractivity contribution in [2.24, 2.45) is 5.92 Å². The molecule has 0 aromatic carbocycles. The van der Waals surface area contributed by atoms with E-state index >= 15 is 0 Å². The molecule has 20 heavy (non-hydrogen) atoms. The van der Waals surface area contributed by atoms with E-state index in [2.05, 4.69) is 50.2 Å². The molecular weight excluding hydrogens is 250 g/mol. The molecule has 1 saturated heterocycles. The molecule has 0 aliphatic carbocycles. The van der Waals surface area contributed by atoms with Crippen LogP contribution in [0, 0.1) is 12.8 Å². The van der Waals surface area contributed by atoms with Crippen LogP contribution in [0.5, 0.6) is 0 Å². The molecular formula is C16H27N3O. The molecule has 1 atom stereocenters. The molecule has 0 bridgehead atoms. The van der Waals surface area contributed by atoms with Crippen LogP contribution in [-0.4, -0.2) is 37.8 Å². The molecule has 0 saturated carbocycles. The fourth-order valence-electron chi connectivity index (χ4n) is 2.47. The number of hydrogen-bond acceptors (Lipinski definition) is 4. The molecule has 2 rings (SSSR count). The van der Waals surface area contributed by atoms with E-state index in [1.165, 1.54) is 5.56 Å². The van der Waals surface area contributed by atoms with Gasteiger partial charge >= 0.3 is 0 Å². The van der Waals surface area contributed by atoms with Gasteiger partial charge in [-0.25, -0.2) is 4.98 Å². The molecule has 4 heteroatoms. The zero-order valence-corrected chi connectivity index (χ0v) is 13.1. The van der Waals surface area contributed by atoms with Crippen molar-refractivity contribution in [1.82, 2.24) is 10.3 Å². The molecule has 0 radical (unpaired) electrons. The number of anilines is 1. The van der Waals surface area contributed by atoms with E-state index in [-0.39, 0.29) is 0 Å². The highest BCUT2D eigenvalue weighted by Gasteiger charge is 2.21. The van der Waals surface area contributed by atoms with Crippen LogP contribution in [0.2, 0.25) is 0 Å². The molecule has 1 N–H and O–H groups in total. The SMILES string of the molecule is Cc1nc(N(C)C2CCOC2)ccc1CNCC(C)C. The van der Waals surface area contributed by atoms with Gasteiger partial charge < -0.3 is 15.0 Å². The Morgan fingerprint density at radius 2 is 2.25 bits per heavy atom. The lowest BCUT2D eigenvalue weighted by molar-refractivity contribution is 0.193. The summed E-state index contributed by atoms with van der Waals surface area (Å²) in [5.74, 6) is 1.72. The predicted octanol–water partition coefficient (Wildman–Crippen LogP) is 2.36. The first-order valence-electron chi connectivity index (χ1n) is 7.55. The van der Waals surface area contributed by atoms with Gasteiger partial charge in [0.15, 0.2) is 0 Å². The molecule has 2 heterocycles. The largest absolute Gasteiger partial charge is 0.379 e. The van der Waals surface area contributed by atoms with E-state index < -0.39 is 0 Å². The van der Waals surface area contributed by atoms with Crippen LogP contribution in [0.25, 0.3) is 0 Å². The molecule has 4 nitrogen and oxygen atoms in total. The van der Waals surface area contributed by atoms with Crippen molar-refractivity contribution in [2.45, 2.75) is 39.8 Å². The van der Waals surface area contributed by atoms with Crippen molar-refractivity contribution >= 4 is 5.82 Å². The lowest BCUT2D eigenvalue weighted by Gasteiger charge is -2.25. The number of hydrogen-bond donors (Lipinski definition) is 1. The predicted molar refractivity (Wildman–Crippen MR) is 83.1 cm³/mol. The van der Waals surface area contributed by atoms with Crippen molar-refractivity contribution in [1.29, 1.82) is 0 Å². The summed E-state index contributed by atoms with van der Waals surface area (Å²) in [6, 6.07) is 4.78. The minimum atomic E-state index is 0.465. The fourth-order valence-corrected chi connectivity index (χ4v) is 2.47. The van der Waals surface area contributed by atoms with Crippen LogP contribution < -0.4 is 10.2 Å². The first-order chi connectivity index (χ1) is 9.58. The molecule has 1 fully saturated rings. The summed E-state index contributed by atoms with van der Waals surface area (Å²) in [6.45, 7) is 10.2. The molecule has 0 spiro atoms. The van der Waals surface area contributed by atoms with Gasteiger partial charge in [0.1, 0.15) is 5.82 Å². The summed E-state index contributed by atoms with van der Waals surface area (Å²) in [7, 11) is 2.11. The Morgan fingerprint density at radius 1 is 1.45 bits per heavy atom. The molecule has 1 aliphatic rings. The van der Waals surface area contributed by atoms with E-state index in [1.807, 2.05) is 0 Å². The number of rotatable bonds is 6. The van der Waals surface area contributed by atoms with Gasteiger partial charge in [-0.1, -0.05) is 19.9 Å². The van der Waals surface area contributed by atoms with E-state index in [1.54, 1.807) is 0 Å². The summed E-state index contributed by atoms with van der Waals surface area (Å²) in [5.41, 5.74) is 2.40. The van der Waals surface area contributed by atoms with Gasteiger partial charge in [0.25, 0.3) is 0 Å². The molecule has 112 valence electrons. The van der Waals surface area contributed by atoms with Gasteiger partial charge in [-0.15, -0.1) is 0 Å². The average Bonchev–Trinajstić information content (AvgIpc) is 2.93. The third-order valence-electron chi connectivity index (χ3n) is 3.86. The molecule has 1 aromatic rings. The summed E-state index contributed by atoms with van der Waals surface area (Å²) < 4.78 is 5.45. The van der Waals surface area contributed by atoms with E-state index in [0.29, 0.717) is 12.0 Å². The monoisotopic (exact) mass is 277 g/mol. The fraction of sp³-hybridized carbons (Fsp3) is 0.688. The zero-order valence-electron chi connectivity index (χ0n) is 13.1. The maximum Gasteiger partial charge on any atom is 0.128 e. The number of nitrogens with zero attached hydrogens (tertiary/aromatic N) is 2. The van der Waals surface area contributed by atoms with Crippen molar-refractivity contribution < 1.29 is 4.74 Å². The van der Waals surface area contributed by atoms with Crippen molar-refractivity contribution in [3.63, 3.8) is 0 Å². The quantitative estimate of drug-likeness (QED) is 0.866. The Balaban J connectivity index is 1.97. The van der Waals surface area contributed by atoms with Crippen LogP contribution in [0.1, 0.15) is 31.5 Å². The van der Waals surface area contributed by atoms with Crippen LogP contribution in [0.3, 0.4) is 0 Å². The van der Waals surface area contributed by atoms with Gasteiger partial charge in [0, 0.05) is 25.9 Å². The van der Waals surface area contributed by atoms with Crippen molar-refractivity contribution in [2.75, 3.05) is 31.7 Å². The van der Waals surface area contributed by atoms with Gasteiger partial charge in [0.05, 0.1) is 12.6 Å². The molecule has 1 unspecified atom stereocenters. The summed E-state index contributed by atoms with van der Waals surface area (Å²) in [6.07, 6.45) is 1.09. The van der Waals surface area contributed by atoms with Crippen LogP contribution in [0.4, 0.5) is 5.82 Å². The lowest BCUT2D eigenvalue weighted by Crippen LogP contribution is -2.32. The Hall–Kier alpha value is -1.13. The van der Waals surface area contributed by atoms with Crippen molar-refractivity contribution in [3.8, 4) is 0 Å². The highest BCUT2D eigenvalue weighted by Crippen LogP contribution is 2.19. The van der Waals surface area contributed by atoms with E-state index in [0.717, 1.165) is 44.2 Å². The van der Waals surface area contributed by atoms with Crippen LogP contribution in [0.15, 0.2) is 12.1 Å². The minimum absolute atomic E-state index is 0.465. The highest BCUT2D eigenvalue weighted by molar-refractivity contribution is 5.42. The third kappa shape index (κ3) is 3.93. The average molecular weight is 277 g/mol. The summed E-state index contributed by atoms with van der Waals surface area (Å²) in [5, 5.41) is 3.47. The Morgan fingerprint density at radius 3 is 2.85 bits per heavy atom. The van der Waals surface area contributed by atoms with Crippen molar-refractivity contribution in [3.05, 3.63) is 23.4 Å². The Kier molecular flexibility index (Phi) is 5.38. The number of likely N-dealkylation sites (N-methyl/N-ethyl adjacent to an activating group) is 1. The number of pyridine rings is 1. The van der Waals surface area contributed by atoms with Gasteiger partial charge in [-0.3, -0.25) is 0 Å². The summed E-state index contributed by atoms with van der Waals surface area (Å²) >= 11 is 0. The second kappa shape index (κ2) is 7.04. The number of ether oxygens (including phenoxy) is 1. The second-order valence-electron chi connectivity index (χ2n) is 6.07. The van der Waals surface area contributed by atoms with Crippen LogP contribution in [-0.2, 0) is 11.3 Å². The Bertz CT molecular complexity index is 428. The third-order valence-corrected chi connectivity index (χ3v) is 3.86. The lowest BCUT2D eigenvalue weighted by atomic mass is 10.1. The van der Waals surface area contributed by atoms with E-state index in [9.17, 15) is 0 Å². The van der Waals surface area contributed by atoms with Gasteiger partial charge in [0.2, 0.25) is 0 Å². The molecule has 0 amide bonds. The summed E-state index contributed by atoms with van der Waals surface area (Å²) in [4.78, 5) is 6.99. The first-order valence-corrected chi connectivity index (χ1v) is 7.55. The standard InChI is InChI=1S/C16H27N3O/c1-12(2)9-17-10-14-5-6-16(18-13(14)3)19(4)15-7-8-20-11-15/h5-6,12,15,17H,7-11H2,1-4H3. The zero-order chi connectivity index (χ0) is 14.5. The smallest absolute Gasteiger partial charge is 0.128 e. The maximum atomic E-state index is 5.45. The van der Waals surface area contributed by atoms with Crippen LogP contribution >= 0.6 is 0 Å². The number of aromatic nitrogens is 1. The Labute approximate surface area is 122 Å². The maximum absolute atomic E-state index is 5.45. The molecule has 1 aromatic heterocycles. The molecule has 1 aliphatic heterocycles. The van der Waals surface area contributed by atoms with Gasteiger partial charge in [-0.05, 0) is 37.4 Å². The highest BCUT2D eigenvalue weighted by atomic mass is 16.5. The van der Waals surface area contributed by atoms with Gasteiger partial charge in [-0.2, -0.15) is 0 Å². The number of nitrogens with one attached hydrogen (secondary N) is 1. The normalized spacial score (nSPS) is 18.8. The van der Waals surface area contributed by atoms with E-state index in [4.69, 9.17) is 9.72 Å². The first kappa shape index (κ1) is 15.3.